The molecule has 0 aliphatic rings. The van der Waals surface area contributed by atoms with Gasteiger partial charge in [-0.2, -0.15) is 0 Å². The topological polar surface area (TPSA) is 127 Å². The molecule has 0 aliphatic heterocycles. The van der Waals surface area contributed by atoms with E-state index in [1.165, 1.54) is 102 Å². The van der Waals surface area contributed by atoms with Crippen LogP contribution in [0.2, 0.25) is 0 Å². The van der Waals surface area contributed by atoms with Crippen LogP contribution in [-0.4, -0.2) is 43.8 Å². The second-order valence-corrected chi connectivity index (χ2v) is 15.1. The van der Waals surface area contributed by atoms with Crippen LogP contribution in [0.1, 0.15) is 176 Å². The minimum absolute atomic E-state index is 0.0403. The van der Waals surface area contributed by atoms with Gasteiger partial charge < -0.3 is 19.7 Å². The molecule has 2 N–H and O–H groups in total. The van der Waals surface area contributed by atoms with Crippen LogP contribution in [0.25, 0.3) is 0 Å². The van der Waals surface area contributed by atoms with Crippen LogP contribution in [0.4, 0.5) is 0 Å². The summed E-state index contributed by atoms with van der Waals surface area (Å²) in [5.41, 5.74) is -0.0806. The number of unbranched alkanes of at least 4 members (excludes halogenated alkanes) is 20. The third-order valence-electron chi connectivity index (χ3n) is 8.93. The molecule has 0 saturated carbocycles. The van der Waals surface area contributed by atoms with Crippen LogP contribution < -0.4 is 0 Å². The summed E-state index contributed by atoms with van der Waals surface area (Å²) >= 11 is 0. The van der Waals surface area contributed by atoms with E-state index >= 15 is 0 Å². The van der Waals surface area contributed by atoms with E-state index in [4.69, 9.17) is 9.47 Å². The molecule has 0 amide bonds. The molecule has 8 nitrogen and oxygen atoms in total. The van der Waals surface area contributed by atoms with Gasteiger partial charge in [0.1, 0.15) is 21.3 Å². The lowest BCUT2D eigenvalue weighted by atomic mass is 10.1. The minimum Gasteiger partial charge on any atom is -0.507 e. The number of ether oxygens (including phenoxy) is 2. The summed E-state index contributed by atoms with van der Waals surface area (Å²) in [5.74, 6) is -2.59. The predicted octanol–water partition coefficient (Wildman–Crippen LogP) is 10.9. The molecule has 0 atom stereocenters. The minimum atomic E-state index is -4.52. The first-order chi connectivity index (χ1) is 23.7. The molecule has 0 unspecified atom stereocenters. The molecule has 0 aromatic heterocycles. The second kappa shape index (κ2) is 25.0. The fourth-order valence-corrected chi connectivity index (χ4v) is 7.35. The Hall–Kier alpha value is -3.07. The maximum absolute atomic E-state index is 13.5. The molecule has 9 heteroatoms. The van der Waals surface area contributed by atoms with E-state index in [1.54, 1.807) is 0 Å². The summed E-state index contributed by atoms with van der Waals surface area (Å²) in [6.07, 6.45) is 25.7. The Morgan fingerprint density at radius 1 is 0.490 bits per heavy atom. The molecule has 0 fully saturated rings. The monoisotopic (exact) mass is 702 g/mol. The van der Waals surface area contributed by atoms with Crippen molar-refractivity contribution >= 4 is 21.8 Å². The number of phenolic OH excluding ortho intramolecular Hbond substituents is 2. The van der Waals surface area contributed by atoms with Gasteiger partial charge in [0.15, 0.2) is 0 Å². The summed E-state index contributed by atoms with van der Waals surface area (Å²) in [7, 11) is -4.52. The Balaban J connectivity index is 1.82. The molecule has 0 saturated heterocycles. The molecule has 0 spiro atoms. The van der Waals surface area contributed by atoms with E-state index in [-0.39, 0.29) is 24.3 Å². The molecule has 0 heterocycles. The lowest BCUT2D eigenvalue weighted by molar-refractivity contribution is 0.0488. The number of hydrogen-bond donors (Lipinski definition) is 2. The largest absolute Gasteiger partial charge is 0.507 e. The highest BCUT2D eigenvalue weighted by molar-refractivity contribution is 7.91. The number of esters is 2. The van der Waals surface area contributed by atoms with Crippen molar-refractivity contribution in [3.8, 4) is 11.5 Å². The number of carbonyl (C=O) groups excluding carboxylic acids is 2. The Kier molecular flexibility index (Phi) is 21.5. The first kappa shape index (κ1) is 42.1. The van der Waals surface area contributed by atoms with Gasteiger partial charge in [-0.05, 0) is 49.2 Å². The maximum Gasteiger partial charge on any atom is 0.338 e. The summed E-state index contributed by atoms with van der Waals surface area (Å²) in [4.78, 5) is 24.3. The molecule has 2 aromatic carbocycles. The van der Waals surface area contributed by atoms with Crippen LogP contribution in [0.5, 0.6) is 11.5 Å². The van der Waals surface area contributed by atoms with Crippen molar-refractivity contribution in [2.45, 2.75) is 165 Å². The van der Waals surface area contributed by atoms with Crippen LogP contribution in [0.3, 0.4) is 0 Å². The standard InChI is InChI=1S/C40H62O8S/c1-3-5-7-9-11-13-15-17-19-21-23-29-47-39(43)33-25-27-35(41)37(31-33)49(45,46)38-32-34(26-28-36(38)42)40(44)48-30-24-22-20-18-16-14-12-10-8-6-4-2/h25-28,31-32,41-42H,3-24,29-30H2,1-2H3. The van der Waals surface area contributed by atoms with Crippen molar-refractivity contribution in [3.05, 3.63) is 47.5 Å². The number of hydrogen-bond acceptors (Lipinski definition) is 8. The normalized spacial score (nSPS) is 11.5. The third-order valence-corrected chi connectivity index (χ3v) is 10.7. The van der Waals surface area contributed by atoms with Gasteiger partial charge in [-0.3, -0.25) is 0 Å². The average molecular weight is 703 g/mol. The highest BCUT2D eigenvalue weighted by Crippen LogP contribution is 2.35. The first-order valence-electron chi connectivity index (χ1n) is 19.0. The maximum atomic E-state index is 13.5. The number of phenols is 2. The fourth-order valence-electron chi connectivity index (χ4n) is 5.86. The molecular weight excluding hydrogens is 640 g/mol. The lowest BCUT2D eigenvalue weighted by Gasteiger charge is -2.12. The van der Waals surface area contributed by atoms with Gasteiger partial charge in [0.25, 0.3) is 0 Å². The first-order valence-corrected chi connectivity index (χ1v) is 20.5. The number of carbonyl (C=O) groups is 2. The smallest absolute Gasteiger partial charge is 0.338 e. The summed E-state index contributed by atoms with van der Waals surface area (Å²) in [5, 5.41) is 20.9. The van der Waals surface area contributed by atoms with Gasteiger partial charge in [0.2, 0.25) is 9.84 Å². The molecule has 0 aliphatic carbocycles. The summed E-state index contributed by atoms with van der Waals surface area (Å²) in [6.45, 7) is 4.86. The van der Waals surface area contributed by atoms with E-state index in [0.717, 1.165) is 62.8 Å². The zero-order valence-corrected chi connectivity index (χ0v) is 31.0. The van der Waals surface area contributed by atoms with Crippen LogP contribution in [-0.2, 0) is 19.3 Å². The molecule has 2 rings (SSSR count). The van der Waals surface area contributed by atoms with E-state index in [1.807, 2.05) is 0 Å². The zero-order valence-electron chi connectivity index (χ0n) is 30.2. The van der Waals surface area contributed by atoms with Crippen LogP contribution in [0.15, 0.2) is 46.2 Å². The number of aromatic hydroxyl groups is 2. The molecule has 0 bridgehead atoms. The number of sulfone groups is 1. The van der Waals surface area contributed by atoms with Gasteiger partial charge in [-0.25, -0.2) is 18.0 Å². The Morgan fingerprint density at radius 2 is 0.776 bits per heavy atom. The zero-order chi connectivity index (χ0) is 35.7. The Morgan fingerprint density at radius 3 is 1.08 bits per heavy atom. The Bertz CT molecular complexity index is 1240. The average Bonchev–Trinajstić information content (AvgIpc) is 3.09. The van der Waals surface area contributed by atoms with Crippen molar-refractivity contribution in [2.75, 3.05) is 13.2 Å². The van der Waals surface area contributed by atoms with Gasteiger partial charge in [-0.1, -0.05) is 142 Å². The van der Waals surface area contributed by atoms with Crippen molar-refractivity contribution in [3.63, 3.8) is 0 Å². The fraction of sp³-hybridized carbons (Fsp3) is 0.650. The molecule has 2 aromatic rings. The van der Waals surface area contributed by atoms with Gasteiger partial charge in [0, 0.05) is 0 Å². The van der Waals surface area contributed by atoms with Gasteiger partial charge in [0.05, 0.1) is 24.3 Å². The summed E-state index contributed by atoms with van der Waals surface area (Å²) in [6, 6.07) is 6.86. The number of benzene rings is 2. The quantitative estimate of drug-likeness (QED) is 0.0662. The van der Waals surface area contributed by atoms with Crippen molar-refractivity contribution in [1.29, 1.82) is 0 Å². The molecule has 49 heavy (non-hydrogen) atoms. The number of rotatable bonds is 28. The summed E-state index contributed by atoms with van der Waals surface area (Å²) < 4.78 is 37.8. The van der Waals surface area contributed by atoms with Crippen LogP contribution >= 0.6 is 0 Å². The Labute approximate surface area is 295 Å². The van der Waals surface area contributed by atoms with Gasteiger partial charge >= 0.3 is 11.9 Å². The van der Waals surface area contributed by atoms with Crippen molar-refractivity contribution < 1.29 is 37.7 Å². The third kappa shape index (κ3) is 16.5. The van der Waals surface area contributed by atoms with E-state index < -0.39 is 43.1 Å². The van der Waals surface area contributed by atoms with E-state index in [0.29, 0.717) is 12.8 Å². The van der Waals surface area contributed by atoms with Crippen molar-refractivity contribution in [1.82, 2.24) is 0 Å². The highest BCUT2D eigenvalue weighted by atomic mass is 32.2. The van der Waals surface area contributed by atoms with E-state index in [9.17, 15) is 28.2 Å². The lowest BCUT2D eigenvalue weighted by Crippen LogP contribution is -2.11. The SMILES string of the molecule is CCCCCCCCCCCCCOC(=O)c1ccc(O)c(S(=O)(=O)c2cc(C(=O)OCCCCCCCCCCCCC)ccc2O)c1. The molecule has 276 valence electrons. The van der Waals surface area contributed by atoms with Gasteiger partial charge in [-0.15, -0.1) is 0 Å². The molecular formula is C40H62O8S. The second-order valence-electron chi connectivity index (χ2n) is 13.2. The predicted molar refractivity (Wildman–Crippen MR) is 195 cm³/mol. The molecule has 0 radical (unpaired) electrons. The van der Waals surface area contributed by atoms with Crippen LogP contribution in [0, 0.1) is 0 Å². The van der Waals surface area contributed by atoms with E-state index in [2.05, 4.69) is 13.8 Å². The highest BCUT2D eigenvalue weighted by Gasteiger charge is 2.28. The van der Waals surface area contributed by atoms with Crippen molar-refractivity contribution in [2.24, 2.45) is 0 Å².